The van der Waals surface area contributed by atoms with E-state index in [2.05, 4.69) is 80.0 Å². The van der Waals surface area contributed by atoms with E-state index >= 15 is 0 Å². The zero-order valence-electron chi connectivity index (χ0n) is 13.9. The number of hydrogen-bond donors (Lipinski definition) is 1. The van der Waals surface area contributed by atoms with Gasteiger partial charge in [0.15, 0.2) is 0 Å². The van der Waals surface area contributed by atoms with Gasteiger partial charge in [-0.1, -0.05) is 44.2 Å². The Balaban J connectivity index is 2.00. The molecule has 2 rings (SSSR count). The molecule has 3 heteroatoms. The van der Waals surface area contributed by atoms with E-state index in [9.17, 15) is 0 Å². The Labute approximate surface area is 134 Å². The maximum atomic E-state index is 3.68. The van der Waals surface area contributed by atoms with Crippen LogP contribution < -0.4 is 5.32 Å². The fourth-order valence-corrected chi connectivity index (χ4v) is 4.49. The molecule has 1 aromatic rings. The third-order valence-corrected chi connectivity index (χ3v) is 5.50. The average Bonchev–Trinajstić information content (AvgIpc) is 2.44. The molecule has 2 atom stereocenters. The molecule has 2 unspecified atom stereocenters. The molecule has 21 heavy (non-hydrogen) atoms. The first-order valence-electron chi connectivity index (χ1n) is 8.16. The van der Waals surface area contributed by atoms with Crippen LogP contribution in [0.2, 0.25) is 0 Å². The van der Waals surface area contributed by atoms with E-state index in [1.165, 1.54) is 31.0 Å². The van der Waals surface area contributed by atoms with Gasteiger partial charge < -0.3 is 10.2 Å². The van der Waals surface area contributed by atoms with Gasteiger partial charge in [0, 0.05) is 36.2 Å². The van der Waals surface area contributed by atoms with Gasteiger partial charge in [-0.15, -0.1) is 0 Å². The number of rotatable bonds is 6. The van der Waals surface area contributed by atoms with Crippen LogP contribution in [0.4, 0.5) is 0 Å². The van der Waals surface area contributed by atoms with Crippen molar-refractivity contribution in [2.45, 2.75) is 38.5 Å². The lowest BCUT2D eigenvalue weighted by Gasteiger charge is -2.40. The van der Waals surface area contributed by atoms with Gasteiger partial charge in [-0.3, -0.25) is 0 Å². The van der Waals surface area contributed by atoms with Crippen molar-refractivity contribution in [3.05, 3.63) is 35.9 Å². The second-order valence-corrected chi connectivity index (χ2v) is 8.57. The van der Waals surface area contributed by atoms with E-state index in [4.69, 9.17) is 0 Å². The topological polar surface area (TPSA) is 15.3 Å². The highest BCUT2D eigenvalue weighted by Gasteiger charge is 2.29. The smallest absolute Gasteiger partial charge is 0.0358 e. The first-order chi connectivity index (χ1) is 10.0. The molecule has 0 aliphatic carbocycles. The van der Waals surface area contributed by atoms with Crippen molar-refractivity contribution in [2.75, 3.05) is 31.9 Å². The number of nitrogens with zero attached hydrogens (tertiary/aromatic N) is 1. The van der Waals surface area contributed by atoms with Crippen LogP contribution in [-0.2, 0) is 0 Å². The van der Waals surface area contributed by atoms with Crippen molar-refractivity contribution in [3.8, 4) is 0 Å². The minimum absolute atomic E-state index is 0.401. The van der Waals surface area contributed by atoms with Crippen LogP contribution >= 0.6 is 11.8 Å². The van der Waals surface area contributed by atoms with Crippen molar-refractivity contribution in [1.29, 1.82) is 0 Å². The molecule has 1 heterocycles. The molecule has 1 aliphatic rings. The molecule has 118 valence electrons. The normalized spacial score (nSPS) is 21.9. The van der Waals surface area contributed by atoms with Gasteiger partial charge in [0.05, 0.1) is 0 Å². The summed E-state index contributed by atoms with van der Waals surface area (Å²) >= 11 is 2.11. The lowest BCUT2D eigenvalue weighted by molar-refractivity contribution is 0.203. The molecular formula is C18H30N2S. The molecule has 0 spiro atoms. The number of hydrogen-bond acceptors (Lipinski definition) is 3. The average molecular weight is 307 g/mol. The van der Waals surface area contributed by atoms with E-state index < -0.39 is 0 Å². The van der Waals surface area contributed by atoms with Gasteiger partial charge in [0.1, 0.15) is 0 Å². The monoisotopic (exact) mass is 306 g/mol. The number of thioether (sulfide) groups is 1. The maximum Gasteiger partial charge on any atom is 0.0358 e. The van der Waals surface area contributed by atoms with Gasteiger partial charge in [-0.2, -0.15) is 11.8 Å². The van der Waals surface area contributed by atoms with Crippen molar-refractivity contribution in [1.82, 2.24) is 10.2 Å². The lowest BCUT2D eigenvalue weighted by Crippen LogP contribution is -2.46. The Kier molecular flexibility index (Phi) is 6.15. The highest BCUT2D eigenvalue weighted by molar-refractivity contribution is 8.00. The first kappa shape index (κ1) is 16.9. The summed E-state index contributed by atoms with van der Waals surface area (Å²) in [5.74, 6) is 1.88. The summed E-state index contributed by atoms with van der Waals surface area (Å²) in [4.78, 5) is 2.65. The summed E-state index contributed by atoms with van der Waals surface area (Å²) in [5.41, 5.74) is 1.41. The van der Waals surface area contributed by atoms with Crippen LogP contribution in [0.15, 0.2) is 30.3 Å². The summed E-state index contributed by atoms with van der Waals surface area (Å²) in [7, 11) is 0. The third kappa shape index (κ3) is 5.01. The Morgan fingerprint density at radius 3 is 2.62 bits per heavy atom. The van der Waals surface area contributed by atoms with Gasteiger partial charge in [-0.05, 0) is 31.9 Å². The minimum atomic E-state index is 0.401. The van der Waals surface area contributed by atoms with Crippen LogP contribution in [0.1, 0.15) is 39.3 Å². The highest BCUT2D eigenvalue weighted by atomic mass is 32.2. The predicted molar refractivity (Wildman–Crippen MR) is 95.0 cm³/mol. The Morgan fingerprint density at radius 2 is 2.00 bits per heavy atom. The number of nitrogens with one attached hydrogen (secondary N) is 1. The zero-order valence-corrected chi connectivity index (χ0v) is 14.7. The molecule has 0 radical (unpaired) electrons. The second-order valence-electron chi connectivity index (χ2n) is 6.77. The van der Waals surface area contributed by atoms with Crippen LogP contribution in [0.25, 0.3) is 0 Å². The molecule has 1 fully saturated rings. The first-order valence-corrected chi connectivity index (χ1v) is 9.15. The Hall–Kier alpha value is -0.510. The van der Waals surface area contributed by atoms with E-state index in [1.807, 2.05) is 0 Å². The lowest BCUT2D eigenvalue weighted by atomic mass is 9.93. The third-order valence-electron chi connectivity index (χ3n) is 4.20. The minimum Gasteiger partial charge on any atom is -0.310 e. The van der Waals surface area contributed by atoms with Gasteiger partial charge in [0.2, 0.25) is 0 Å². The molecule has 1 aromatic carbocycles. The SMILES string of the molecule is CCNC(c1ccccc1)C(C)CN1CCSC(C)(C)C1. The largest absolute Gasteiger partial charge is 0.310 e. The zero-order chi connectivity index (χ0) is 15.3. The fraction of sp³-hybridized carbons (Fsp3) is 0.667. The molecular weight excluding hydrogens is 276 g/mol. The van der Waals surface area contributed by atoms with Gasteiger partial charge >= 0.3 is 0 Å². The van der Waals surface area contributed by atoms with Crippen molar-refractivity contribution in [2.24, 2.45) is 5.92 Å². The van der Waals surface area contributed by atoms with Crippen molar-refractivity contribution < 1.29 is 0 Å². The fourth-order valence-electron chi connectivity index (χ4n) is 3.31. The summed E-state index contributed by atoms with van der Waals surface area (Å²) in [6.45, 7) is 13.9. The van der Waals surface area contributed by atoms with E-state index in [1.54, 1.807) is 0 Å². The van der Waals surface area contributed by atoms with Crippen LogP contribution in [0, 0.1) is 5.92 Å². The molecule has 0 bridgehead atoms. The molecule has 1 N–H and O–H groups in total. The molecule has 2 nitrogen and oxygen atoms in total. The summed E-state index contributed by atoms with van der Waals surface area (Å²) in [6.07, 6.45) is 0. The maximum absolute atomic E-state index is 3.68. The molecule has 0 amide bonds. The van der Waals surface area contributed by atoms with Gasteiger partial charge in [-0.25, -0.2) is 0 Å². The number of benzene rings is 1. The predicted octanol–water partition coefficient (Wildman–Crippen LogP) is 3.80. The molecule has 0 aromatic heterocycles. The van der Waals surface area contributed by atoms with E-state index in [0.29, 0.717) is 16.7 Å². The van der Waals surface area contributed by atoms with Crippen molar-refractivity contribution in [3.63, 3.8) is 0 Å². The summed E-state index contributed by atoms with van der Waals surface area (Å²) in [5, 5.41) is 3.68. The standard InChI is InChI=1S/C18H30N2S/c1-5-19-17(16-9-7-6-8-10-16)15(2)13-20-11-12-21-18(3,4)14-20/h6-10,15,17,19H,5,11-14H2,1-4H3. The van der Waals surface area contributed by atoms with E-state index in [-0.39, 0.29) is 0 Å². The second kappa shape index (κ2) is 7.66. The van der Waals surface area contributed by atoms with Gasteiger partial charge in [0.25, 0.3) is 0 Å². The Morgan fingerprint density at radius 1 is 1.29 bits per heavy atom. The van der Waals surface area contributed by atoms with Crippen molar-refractivity contribution >= 4 is 11.8 Å². The van der Waals surface area contributed by atoms with Crippen LogP contribution in [-0.4, -0.2) is 41.6 Å². The molecule has 1 saturated heterocycles. The van der Waals surface area contributed by atoms with Crippen LogP contribution in [0.5, 0.6) is 0 Å². The molecule has 0 saturated carbocycles. The summed E-state index contributed by atoms with van der Waals surface area (Å²) < 4.78 is 0.401. The molecule has 1 aliphatic heterocycles. The van der Waals surface area contributed by atoms with Crippen LogP contribution in [0.3, 0.4) is 0 Å². The quantitative estimate of drug-likeness (QED) is 0.860. The van der Waals surface area contributed by atoms with E-state index in [0.717, 1.165) is 6.54 Å². The Bertz CT molecular complexity index is 418. The highest BCUT2D eigenvalue weighted by Crippen LogP contribution is 2.31. The summed E-state index contributed by atoms with van der Waals surface area (Å²) in [6, 6.07) is 11.3.